The molecule has 0 bridgehead atoms. The van der Waals surface area contributed by atoms with Crippen LogP contribution in [-0.4, -0.2) is 24.9 Å². The van der Waals surface area contributed by atoms with E-state index in [0.717, 1.165) is 11.1 Å². The monoisotopic (exact) mass is 204 g/mol. The van der Waals surface area contributed by atoms with Gasteiger partial charge in [0.1, 0.15) is 6.61 Å². The molecule has 0 aromatic heterocycles. The third kappa shape index (κ3) is 2.37. The zero-order chi connectivity index (χ0) is 10.5. The van der Waals surface area contributed by atoms with Gasteiger partial charge in [0.15, 0.2) is 6.29 Å². The minimum atomic E-state index is -0.311. The number of rotatable bonds is 1. The van der Waals surface area contributed by atoms with Crippen LogP contribution in [0.5, 0.6) is 0 Å². The standard InChI is InChI=1S/C12H12O3/c13-7-3-5-10-4-1-2-6-11(10)12-14-8-9-15-12/h1-2,4,6,12-13H,7-9H2. The molecule has 0 amide bonds. The summed E-state index contributed by atoms with van der Waals surface area (Å²) in [5.74, 6) is 5.50. The van der Waals surface area contributed by atoms with Crippen LogP contribution in [0.3, 0.4) is 0 Å². The fraction of sp³-hybridized carbons (Fsp3) is 0.333. The molecular weight excluding hydrogens is 192 g/mol. The Morgan fingerprint density at radius 2 is 2.00 bits per heavy atom. The van der Waals surface area contributed by atoms with Crippen molar-refractivity contribution in [1.29, 1.82) is 0 Å². The van der Waals surface area contributed by atoms with E-state index in [0.29, 0.717) is 13.2 Å². The second kappa shape index (κ2) is 4.94. The summed E-state index contributed by atoms with van der Waals surface area (Å²) in [5.41, 5.74) is 1.77. The van der Waals surface area contributed by atoms with E-state index in [9.17, 15) is 0 Å². The van der Waals surface area contributed by atoms with Gasteiger partial charge in [-0.25, -0.2) is 0 Å². The maximum absolute atomic E-state index is 8.65. The first-order valence-corrected chi connectivity index (χ1v) is 4.83. The van der Waals surface area contributed by atoms with Gasteiger partial charge in [0.25, 0.3) is 0 Å². The Balaban J connectivity index is 2.28. The second-order valence-corrected chi connectivity index (χ2v) is 3.12. The van der Waals surface area contributed by atoms with Crippen LogP contribution in [0, 0.1) is 11.8 Å². The van der Waals surface area contributed by atoms with Gasteiger partial charge in [-0.15, -0.1) is 0 Å². The molecule has 1 aromatic carbocycles. The third-order valence-corrected chi connectivity index (χ3v) is 2.14. The number of hydrogen-bond acceptors (Lipinski definition) is 3. The molecule has 1 aromatic rings. The number of aliphatic hydroxyl groups excluding tert-OH is 1. The Morgan fingerprint density at radius 3 is 2.73 bits per heavy atom. The van der Waals surface area contributed by atoms with E-state index in [4.69, 9.17) is 14.6 Å². The van der Waals surface area contributed by atoms with Gasteiger partial charge in [-0.05, 0) is 6.07 Å². The van der Waals surface area contributed by atoms with E-state index in [1.54, 1.807) is 0 Å². The van der Waals surface area contributed by atoms with Crippen LogP contribution in [0.2, 0.25) is 0 Å². The first kappa shape index (κ1) is 10.2. The van der Waals surface area contributed by atoms with Crippen LogP contribution < -0.4 is 0 Å². The lowest BCUT2D eigenvalue weighted by molar-refractivity contribution is -0.0442. The largest absolute Gasteiger partial charge is 0.384 e. The van der Waals surface area contributed by atoms with Crippen molar-refractivity contribution in [1.82, 2.24) is 0 Å². The first-order chi connectivity index (χ1) is 7.42. The lowest BCUT2D eigenvalue weighted by atomic mass is 10.1. The molecule has 1 heterocycles. The zero-order valence-electron chi connectivity index (χ0n) is 8.27. The van der Waals surface area contributed by atoms with Gasteiger partial charge < -0.3 is 14.6 Å². The predicted octanol–water partition coefficient (Wildman–Crippen LogP) is 1.08. The summed E-state index contributed by atoms with van der Waals surface area (Å²) in [7, 11) is 0. The van der Waals surface area contributed by atoms with Crippen molar-refractivity contribution in [3.05, 3.63) is 35.4 Å². The quantitative estimate of drug-likeness (QED) is 0.695. The summed E-state index contributed by atoms with van der Waals surface area (Å²) >= 11 is 0. The average Bonchev–Trinajstić information content (AvgIpc) is 2.80. The van der Waals surface area contributed by atoms with E-state index < -0.39 is 0 Å². The van der Waals surface area contributed by atoms with Crippen molar-refractivity contribution < 1.29 is 14.6 Å². The SMILES string of the molecule is OCC#Cc1ccccc1C1OCCO1. The van der Waals surface area contributed by atoms with Crippen LogP contribution >= 0.6 is 0 Å². The summed E-state index contributed by atoms with van der Waals surface area (Å²) in [6, 6.07) is 7.64. The second-order valence-electron chi connectivity index (χ2n) is 3.12. The molecule has 15 heavy (non-hydrogen) atoms. The van der Waals surface area contributed by atoms with Crippen molar-refractivity contribution in [2.45, 2.75) is 6.29 Å². The highest BCUT2D eigenvalue weighted by molar-refractivity contribution is 5.42. The molecule has 78 valence electrons. The van der Waals surface area contributed by atoms with Gasteiger partial charge in [-0.1, -0.05) is 30.0 Å². The van der Waals surface area contributed by atoms with Crippen LogP contribution in [0.15, 0.2) is 24.3 Å². The Hall–Kier alpha value is -1.34. The molecule has 1 saturated heterocycles. The van der Waals surface area contributed by atoms with E-state index in [1.165, 1.54) is 0 Å². The van der Waals surface area contributed by atoms with Crippen molar-refractivity contribution >= 4 is 0 Å². The molecule has 1 N–H and O–H groups in total. The molecule has 3 nitrogen and oxygen atoms in total. The Kier molecular flexibility index (Phi) is 3.36. The maximum Gasteiger partial charge on any atom is 0.185 e. The summed E-state index contributed by atoms with van der Waals surface area (Å²) in [5, 5.41) is 8.65. The van der Waals surface area contributed by atoms with Gasteiger partial charge in [0.05, 0.1) is 13.2 Å². The molecule has 1 aliphatic rings. The molecule has 3 heteroatoms. The highest BCUT2D eigenvalue weighted by Gasteiger charge is 2.20. The van der Waals surface area contributed by atoms with Crippen molar-refractivity contribution in [3.63, 3.8) is 0 Å². The van der Waals surface area contributed by atoms with E-state index >= 15 is 0 Å². The molecule has 0 atom stereocenters. The molecule has 0 saturated carbocycles. The van der Waals surface area contributed by atoms with Crippen LogP contribution in [0.25, 0.3) is 0 Å². The minimum Gasteiger partial charge on any atom is -0.384 e. The van der Waals surface area contributed by atoms with Crippen molar-refractivity contribution in [3.8, 4) is 11.8 Å². The lowest BCUT2D eigenvalue weighted by Crippen LogP contribution is -2.00. The fourth-order valence-electron chi connectivity index (χ4n) is 1.49. The predicted molar refractivity (Wildman–Crippen MR) is 55.1 cm³/mol. The van der Waals surface area contributed by atoms with Gasteiger partial charge >= 0.3 is 0 Å². The Bertz CT molecular complexity index is 383. The molecule has 1 fully saturated rings. The Labute approximate surface area is 88.6 Å². The van der Waals surface area contributed by atoms with Crippen LogP contribution in [0.1, 0.15) is 17.4 Å². The highest BCUT2D eigenvalue weighted by atomic mass is 16.7. The smallest absolute Gasteiger partial charge is 0.185 e. The molecular formula is C12H12O3. The minimum absolute atomic E-state index is 0.138. The lowest BCUT2D eigenvalue weighted by Gasteiger charge is -2.10. The number of aliphatic hydroxyl groups is 1. The van der Waals surface area contributed by atoms with E-state index in [-0.39, 0.29) is 12.9 Å². The van der Waals surface area contributed by atoms with Crippen molar-refractivity contribution in [2.24, 2.45) is 0 Å². The summed E-state index contributed by atoms with van der Waals surface area (Å²) in [6.45, 7) is 1.10. The Morgan fingerprint density at radius 1 is 1.27 bits per heavy atom. The molecule has 2 rings (SSSR count). The van der Waals surface area contributed by atoms with Crippen LogP contribution in [0.4, 0.5) is 0 Å². The molecule has 0 aliphatic carbocycles. The molecule has 0 spiro atoms. The third-order valence-electron chi connectivity index (χ3n) is 2.14. The van der Waals surface area contributed by atoms with Crippen molar-refractivity contribution in [2.75, 3.05) is 19.8 Å². The molecule has 0 radical (unpaired) electrons. The van der Waals surface area contributed by atoms with E-state index in [1.807, 2.05) is 24.3 Å². The fourth-order valence-corrected chi connectivity index (χ4v) is 1.49. The van der Waals surface area contributed by atoms with Gasteiger partial charge in [0, 0.05) is 11.1 Å². The number of benzene rings is 1. The average molecular weight is 204 g/mol. The van der Waals surface area contributed by atoms with Crippen LogP contribution in [-0.2, 0) is 9.47 Å². The normalized spacial score (nSPS) is 16.1. The van der Waals surface area contributed by atoms with Gasteiger partial charge in [-0.2, -0.15) is 0 Å². The van der Waals surface area contributed by atoms with Gasteiger partial charge in [0.2, 0.25) is 0 Å². The highest BCUT2D eigenvalue weighted by Crippen LogP contribution is 2.25. The van der Waals surface area contributed by atoms with E-state index in [2.05, 4.69) is 11.8 Å². The summed E-state index contributed by atoms with van der Waals surface area (Å²) in [6.07, 6.45) is -0.311. The van der Waals surface area contributed by atoms with Gasteiger partial charge in [-0.3, -0.25) is 0 Å². The number of ether oxygens (including phenoxy) is 2. The summed E-state index contributed by atoms with van der Waals surface area (Å²) in [4.78, 5) is 0. The first-order valence-electron chi connectivity index (χ1n) is 4.83. The maximum atomic E-state index is 8.65. The molecule has 0 unspecified atom stereocenters. The number of hydrogen-bond donors (Lipinski definition) is 1. The summed E-state index contributed by atoms with van der Waals surface area (Å²) < 4.78 is 10.8. The zero-order valence-corrected chi connectivity index (χ0v) is 8.27. The topological polar surface area (TPSA) is 38.7 Å². The molecule has 1 aliphatic heterocycles.